The Bertz CT molecular complexity index is 108. The van der Waals surface area contributed by atoms with E-state index in [0.717, 1.165) is 4.90 Å². The zero-order valence-electron chi connectivity index (χ0n) is 3.83. The van der Waals surface area contributed by atoms with Crippen LogP contribution in [0.25, 0.3) is 0 Å². The van der Waals surface area contributed by atoms with Gasteiger partial charge in [0.25, 0.3) is 0 Å². The van der Waals surface area contributed by atoms with Crippen molar-refractivity contribution >= 4 is 23.2 Å². The van der Waals surface area contributed by atoms with E-state index in [1.807, 2.05) is 0 Å². The summed E-state index contributed by atoms with van der Waals surface area (Å²) in [4.78, 5) is 10.8. The monoisotopic (exact) mass is 119 g/mol. The molecule has 7 heavy (non-hydrogen) atoms. The first-order chi connectivity index (χ1) is 3.31. The largest absolute Gasteiger partial charge is 0.313 e. The number of hydrogen-bond acceptors (Lipinski definition) is 2. The summed E-state index contributed by atoms with van der Waals surface area (Å²) in [6.45, 7) is 0. The molecule has 0 aliphatic carbocycles. The Morgan fingerprint density at radius 3 is 2.43 bits per heavy atom. The fourth-order valence-corrected chi connectivity index (χ4v) is 0.278. The molecule has 0 heterocycles. The van der Waals surface area contributed by atoms with Gasteiger partial charge in [0.05, 0.1) is 0 Å². The zero-order valence-corrected chi connectivity index (χ0v) is 4.64. The minimum atomic E-state index is 0.254. The molecule has 1 amide bonds. The van der Waals surface area contributed by atoms with Crippen molar-refractivity contribution in [1.29, 1.82) is 0 Å². The molecular formula is C3H5NO2S. The fraction of sp³-hybridized carbons (Fsp3) is 0.333. The highest BCUT2D eigenvalue weighted by Gasteiger charge is 1.78. The quantitative estimate of drug-likeness (QED) is 0.347. The number of rotatable bonds is 2. The van der Waals surface area contributed by atoms with Crippen LogP contribution in [0.5, 0.6) is 0 Å². The molecule has 0 atom stereocenters. The Morgan fingerprint density at radius 2 is 2.29 bits per heavy atom. The third-order valence-electron chi connectivity index (χ3n) is 0.376. The summed E-state index contributed by atoms with van der Waals surface area (Å²) in [6.07, 6.45) is 0.560. The molecule has 0 aliphatic heterocycles. The van der Waals surface area contributed by atoms with Gasteiger partial charge in [0, 0.05) is 7.05 Å². The molecule has 0 unspecified atom stereocenters. The van der Waals surface area contributed by atoms with Crippen LogP contribution in [0, 0.1) is 0 Å². The molecule has 0 N–H and O–H groups in total. The van der Waals surface area contributed by atoms with E-state index in [2.05, 4.69) is 0 Å². The van der Waals surface area contributed by atoms with Gasteiger partial charge in [-0.3, -0.25) is 4.79 Å². The molecule has 0 aromatic heterocycles. The Kier molecular flexibility index (Phi) is 3.22. The lowest BCUT2D eigenvalue weighted by molar-refractivity contribution is -0.113. The van der Waals surface area contributed by atoms with Crippen LogP contribution in [0.1, 0.15) is 0 Å². The van der Waals surface area contributed by atoms with Gasteiger partial charge in [0.15, 0.2) is 0 Å². The molecular weight excluding hydrogens is 114 g/mol. The minimum absolute atomic E-state index is 0.254. The fourth-order valence-electron chi connectivity index (χ4n) is 0.0927. The molecule has 4 heteroatoms. The normalized spacial score (nSPS) is 7.00. The first kappa shape index (κ1) is 6.36. The van der Waals surface area contributed by atoms with Gasteiger partial charge in [0.2, 0.25) is 6.41 Å². The van der Waals surface area contributed by atoms with Crippen LogP contribution >= 0.6 is 0 Å². The van der Waals surface area contributed by atoms with Crippen LogP contribution in [0.4, 0.5) is 0 Å². The summed E-state index contributed by atoms with van der Waals surface area (Å²) >= 11 is 0.254. The standard InChI is InChI=1S/C3H5NO2S/c1-4(2-5)3-7-6/h2-3H,1H3. The summed E-state index contributed by atoms with van der Waals surface area (Å²) < 4.78 is 9.56. The first-order valence-electron chi connectivity index (χ1n) is 1.60. The SMILES string of the molecule is CN(C=O)C=S=O. The van der Waals surface area contributed by atoms with E-state index in [4.69, 9.17) is 0 Å². The highest BCUT2D eigenvalue weighted by atomic mass is 32.1. The molecule has 3 nitrogen and oxygen atoms in total. The second-order valence-corrected chi connectivity index (χ2v) is 1.38. The van der Waals surface area contributed by atoms with Crippen LogP contribution in [0.3, 0.4) is 0 Å². The summed E-state index contributed by atoms with van der Waals surface area (Å²) in [5.74, 6) is 0. The van der Waals surface area contributed by atoms with Crippen molar-refractivity contribution in [3.8, 4) is 0 Å². The molecule has 0 radical (unpaired) electrons. The van der Waals surface area contributed by atoms with Crippen molar-refractivity contribution < 1.29 is 9.00 Å². The van der Waals surface area contributed by atoms with E-state index in [1.165, 1.54) is 12.5 Å². The van der Waals surface area contributed by atoms with E-state index in [0.29, 0.717) is 6.41 Å². The third-order valence-corrected chi connectivity index (χ3v) is 0.794. The van der Waals surface area contributed by atoms with Gasteiger partial charge in [-0.15, -0.1) is 0 Å². The molecule has 0 spiro atoms. The van der Waals surface area contributed by atoms with E-state index in [9.17, 15) is 9.00 Å². The number of hydrogen-bond donors (Lipinski definition) is 0. The maximum atomic E-state index is 9.64. The Hall–Kier alpha value is -0.640. The molecule has 0 aromatic carbocycles. The smallest absolute Gasteiger partial charge is 0.214 e. The average Bonchev–Trinajstić information content (AvgIpc) is 1.68. The molecule has 0 rings (SSSR count). The molecule has 0 saturated heterocycles. The topological polar surface area (TPSA) is 37.4 Å². The van der Waals surface area contributed by atoms with Crippen LogP contribution < -0.4 is 0 Å². The highest BCUT2D eigenvalue weighted by molar-refractivity contribution is 7.64. The van der Waals surface area contributed by atoms with E-state index in [-0.39, 0.29) is 11.3 Å². The summed E-state index contributed by atoms with van der Waals surface area (Å²) in [5.41, 5.74) is 1.17. The first-order valence-corrected chi connectivity index (χ1v) is 2.41. The Balaban J connectivity index is 3.56. The third kappa shape index (κ3) is 3.18. The van der Waals surface area contributed by atoms with Gasteiger partial charge in [-0.05, 0) is 0 Å². The molecule has 0 fully saturated rings. The predicted molar refractivity (Wildman–Crippen MR) is 28.0 cm³/mol. The van der Waals surface area contributed by atoms with Crippen molar-refractivity contribution in [3.63, 3.8) is 0 Å². The van der Waals surface area contributed by atoms with Crippen molar-refractivity contribution in [2.75, 3.05) is 7.05 Å². The number of nitrogens with zero attached hydrogens (tertiary/aromatic N) is 1. The van der Waals surface area contributed by atoms with Gasteiger partial charge in [-0.1, -0.05) is 0 Å². The Morgan fingerprint density at radius 1 is 1.71 bits per heavy atom. The van der Waals surface area contributed by atoms with E-state index in [1.54, 1.807) is 0 Å². The molecule has 40 valence electrons. The average molecular weight is 119 g/mol. The van der Waals surface area contributed by atoms with Crippen LogP contribution in [0.15, 0.2) is 0 Å². The molecule has 0 saturated carbocycles. The lowest BCUT2D eigenvalue weighted by Gasteiger charge is -1.94. The van der Waals surface area contributed by atoms with E-state index < -0.39 is 0 Å². The lowest BCUT2D eigenvalue weighted by Crippen LogP contribution is -2.11. The van der Waals surface area contributed by atoms with Crippen molar-refractivity contribution in [2.24, 2.45) is 0 Å². The Labute approximate surface area is 45.0 Å². The zero-order chi connectivity index (χ0) is 5.70. The van der Waals surface area contributed by atoms with Crippen LogP contribution in [0.2, 0.25) is 0 Å². The summed E-state index contributed by atoms with van der Waals surface area (Å²) in [6, 6.07) is 0. The number of carbonyl (C=O) groups is 1. The van der Waals surface area contributed by atoms with Gasteiger partial charge in [0.1, 0.15) is 16.7 Å². The molecule has 0 aliphatic rings. The van der Waals surface area contributed by atoms with Gasteiger partial charge >= 0.3 is 0 Å². The van der Waals surface area contributed by atoms with Gasteiger partial charge < -0.3 is 4.90 Å². The molecule has 0 aromatic rings. The number of amides is 1. The van der Waals surface area contributed by atoms with Crippen molar-refractivity contribution in [2.45, 2.75) is 0 Å². The highest BCUT2D eigenvalue weighted by Crippen LogP contribution is 1.57. The second kappa shape index (κ2) is 3.55. The van der Waals surface area contributed by atoms with Crippen LogP contribution in [-0.4, -0.2) is 28.1 Å². The molecule has 0 bridgehead atoms. The van der Waals surface area contributed by atoms with Crippen LogP contribution in [-0.2, 0) is 16.1 Å². The minimum Gasteiger partial charge on any atom is -0.313 e. The van der Waals surface area contributed by atoms with Gasteiger partial charge in [-0.2, -0.15) is 0 Å². The van der Waals surface area contributed by atoms with Crippen molar-refractivity contribution in [3.05, 3.63) is 0 Å². The second-order valence-electron chi connectivity index (χ2n) is 0.973. The van der Waals surface area contributed by atoms with E-state index >= 15 is 0 Å². The summed E-state index contributed by atoms with van der Waals surface area (Å²) in [7, 11) is 1.50. The number of carbonyl (C=O) groups excluding carboxylic acids is 1. The maximum absolute atomic E-state index is 9.64. The predicted octanol–water partition coefficient (Wildman–Crippen LogP) is -0.953. The summed E-state index contributed by atoms with van der Waals surface area (Å²) in [5, 5.41) is 0. The lowest BCUT2D eigenvalue weighted by atomic mass is 11.0. The van der Waals surface area contributed by atoms with Gasteiger partial charge in [-0.25, -0.2) is 4.21 Å². The maximum Gasteiger partial charge on any atom is 0.214 e. The van der Waals surface area contributed by atoms with Crippen molar-refractivity contribution in [1.82, 2.24) is 4.90 Å².